The number of benzene rings is 1. The number of furan rings is 1. The molecule has 0 saturated carbocycles. The summed E-state index contributed by atoms with van der Waals surface area (Å²) in [4.78, 5) is 12.1. The largest absolute Gasteiger partial charge is 0.490 e. The van der Waals surface area contributed by atoms with Gasteiger partial charge in [-0.1, -0.05) is 0 Å². The Hall–Kier alpha value is -2.45. The van der Waals surface area contributed by atoms with Gasteiger partial charge in [0.15, 0.2) is 16.9 Å². The molecule has 12 nitrogen and oxygen atoms in total. The third-order valence-corrected chi connectivity index (χ3v) is 6.26. The number of methoxy groups -OCH3 is 1. The van der Waals surface area contributed by atoms with Gasteiger partial charge in [-0.15, -0.1) is 0 Å². The van der Waals surface area contributed by atoms with Gasteiger partial charge in [0.05, 0.1) is 26.6 Å². The van der Waals surface area contributed by atoms with Crippen LogP contribution in [0.3, 0.4) is 0 Å². The molecule has 1 aromatic heterocycles. The van der Waals surface area contributed by atoms with Crippen LogP contribution in [0, 0.1) is 0 Å². The van der Waals surface area contributed by atoms with E-state index in [-0.39, 0.29) is 43.1 Å². The molecule has 2 aromatic rings. The second-order valence-electron chi connectivity index (χ2n) is 8.52. The summed E-state index contributed by atoms with van der Waals surface area (Å²) in [5.74, 6) is -0.317. The lowest BCUT2D eigenvalue weighted by Gasteiger charge is -2.47. The number of ether oxygens (including phenoxy) is 4. The summed E-state index contributed by atoms with van der Waals surface area (Å²) in [6.07, 6.45) is -4.95. The molecular formula is C24H34O12. The fourth-order valence-electron chi connectivity index (χ4n) is 4.34. The van der Waals surface area contributed by atoms with Crippen molar-refractivity contribution in [2.45, 2.75) is 62.8 Å². The maximum absolute atomic E-state index is 12.1. The van der Waals surface area contributed by atoms with E-state index in [0.717, 1.165) is 0 Å². The van der Waals surface area contributed by atoms with E-state index < -0.39 is 55.8 Å². The van der Waals surface area contributed by atoms with Crippen molar-refractivity contribution >= 4 is 16.9 Å². The fraction of sp³-hybridized carbons (Fsp3) is 0.625. The highest BCUT2D eigenvalue weighted by atomic mass is 16.7. The number of hydrogen-bond acceptors (Lipinski definition) is 12. The van der Waals surface area contributed by atoms with Crippen LogP contribution in [0.4, 0.5) is 0 Å². The van der Waals surface area contributed by atoms with Gasteiger partial charge in [-0.3, -0.25) is 4.79 Å². The molecular weight excluding hydrogens is 480 g/mol. The highest BCUT2D eigenvalue weighted by molar-refractivity contribution is 5.90. The van der Waals surface area contributed by atoms with Crippen LogP contribution in [-0.4, -0.2) is 100 Å². The quantitative estimate of drug-likeness (QED) is 0.198. The molecule has 0 spiro atoms. The average Bonchev–Trinajstić information content (AvgIpc) is 3.25. The number of aliphatic hydroxyl groups excluding tert-OH is 5. The Labute approximate surface area is 207 Å². The molecule has 202 valence electrons. The number of hydrogen-bond donors (Lipinski definition) is 6. The first-order valence-electron chi connectivity index (χ1n) is 11.7. The summed E-state index contributed by atoms with van der Waals surface area (Å²) in [7, 11) is 1.36. The number of aryl methyl sites for hydroxylation is 1. The zero-order chi connectivity index (χ0) is 26.5. The van der Waals surface area contributed by atoms with Gasteiger partial charge in [0.2, 0.25) is 12.0 Å². The minimum atomic E-state index is -2.26. The molecule has 0 unspecified atom stereocenters. The average molecular weight is 515 g/mol. The number of esters is 1. The van der Waals surface area contributed by atoms with E-state index in [2.05, 4.69) is 0 Å². The van der Waals surface area contributed by atoms with Crippen LogP contribution in [0.15, 0.2) is 16.7 Å². The summed E-state index contributed by atoms with van der Waals surface area (Å²) in [6, 6.07) is 1.70. The van der Waals surface area contributed by atoms with Gasteiger partial charge in [0, 0.05) is 37.0 Å². The third-order valence-electron chi connectivity index (χ3n) is 6.26. The predicted octanol–water partition coefficient (Wildman–Crippen LogP) is -0.597. The number of carbonyl (C=O) groups excluding carboxylic acids is 1. The van der Waals surface area contributed by atoms with Crippen LogP contribution in [0.25, 0.3) is 11.0 Å². The first-order valence-corrected chi connectivity index (χ1v) is 11.7. The lowest BCUT2D eigenvalue weighted by molar-refractivity contribution is -0.323. The Bertz CT molecular complexity index is 1020. The Kier molecular flexibility index (Phi) is 9.53. The molecule has 3 rings (SSSR count). The molecule has 0 radical (unpaired) electrons. The van der Waals surface area contributed by atoms with Crippen molar-refractivity contribution in [3.05, 3.63) is 23.5 Å². The van der Waals surface area contributed by atoms with Crippen molar-refractivity contribution in [2.24, 2.45) is 0 Å². The van der Waals surface area contributed by atoms with E-state index in [1.54, 1.807) is 13.0 Å². The van der Waals surface area contributed by atoms with Gasteiger partial charge in [-0.25, -0.2) is 0 Å². The Balaban J connectivity index is 2.11. The highest BCUT2D eigenvalue weighted by Gasteiger charge is 2.56. The van der Waals surface area contributed by atoms with Crippen LogP contribution in [0.5, 0.6) is 11.5 Å². The number of carbonyl (C=O) groups is 1. The van der Waals surface area contributed by atoms with E-state index in [1.165, 1.54) is 13.4 Å². The zero-order valence-electron chi connectivity index (χ0n) is 20.3. The van der Waals surface area contributed by atoms with E-state index in [9.17, 15) is 35.4 Å². The minimum absolute atomic E-state index is 0.0148. The van der Waals surface area contributed by atoms with Crippen molar-refractivity contribution < 1.29 is 58.8 Å². The smallest absolute Gasteiger partial charge is 0.306 e. The normalized spacial score (nSPS) is 26.2. The zero-order valence-corrected chi connectivity index (χ0v) is 20.3. The van der Waals surface area contributed by atoms with Crippen LogP contribution < -0.4 is 9.47 Å². The molecule has 36 heavy (non-hydrogen) atoms. The Morgan fingerprint density at radius 1 is 1.11 bits per heavy atom. The SMILES string of the molecule is CCOC(=O)CCc1cc2c(CCO)coc2c(OC)c1O[C@H]1O[C@H](CO)[C@@H](O)[C@H](O)[C@]1(O)CCO. The standard InChI is InChI=1S/C24H34O12/c1-3-33-17(28)5-4-13-10-15-14(6-8-25)12-34-20(15)21(32-2)19(13)36-23-24(31,7-9-26)22(30)18(29)16(11-27)35-23/h10,12,16,18,22-23,25-27,29-31H,3-9,11H2,1-2H3/t16-,18-,22+,23-,24-/m1/s1. The third kappa shape index (κ3) is 5.44. The molecule has 5 atom stereocenters. The Morgan fingerprint density at radius 2 is 1.86 bits per heavy atom. The van der Waals surface area contributed by atoms with Gasteiger partial charge < -0.3 is 54.0 Å². The molecule has 2 heterocycles. The molecule has 1 aliphatic rings. The second kappa shape index (κ2) is 12.2. The predicted molar refractivity (Wildman–Crippen MR) is 124 cm³/mol. The molecule has 6 N–H and O–H groups in total. The molecule has 1 saturated heterocycles. The maximum Gasteiger partial charge on any atom is 0.306 e. The highest BCUT2D eigenvalue weighted by Crippen LogP contribution is 2.44. The first-order chi connectivity index (χ1) is 17.2. The van der Waals surface area contributed by atoms with Crippen molar-refractivity contribution in [1.82, 2.24) is 0 Å². The van der Waals surface area contributed by atoms with E-state index in [1.807, 2.05) is 0 Å². The van der Waals surface area contributed by atoms with E-state index in [4.69, 9.17) is 23.4 Å². The summed E-state index contributed by atoms with van der Waals surface area (Å²) < 4.78 is 27.9. The first kappa shape index (κ1) is 28.1. The van der Waals surface area contributed by atoms with Gasteiger partial charge in [-0.05, 0) is 31.4 Å². The second-order valence-corrected chi connectivity index (χ2v) is 8.52. The summed E-state index contributed by atoms with van der Waals surface area (Å²) >= 11 is 0. The van der Waals surface area contributed by atoms with Crippen molar-refractivity contribution in [3.8, 4) is 11.5 Å². The van der Waals surface area contributed by atoms with Crippen LogP contribution in [-0.2, 0) is 27.1 Å². The number of rotatable bonds is 12. The van der Waals surface area contributed by atoms with Crippen molar-refractivity contribution in [1.29, 1.82) is 0 Å². The maximum atomic E-state index is 12.1. The molecule has 0 bridgehead atoms. The molecule has 1 aromatic carbocycles. The number of aliphatic hydroxyl groups is 6. The van der Waals surface area contributed by atoms with E-state index in [0.29, 0.717) is 22.9 Å². The van der Waals surface area contributed by atoms with Crippen LogP contribution >= 0.6 is 0 Å². The molecule has 0 aliphatic carbocycles. The fourth-order valence-corrected chi connectivity index (χ4v) is 4.34. The summed E-state index contributed by atoms with van der Waals surface area (Å²) in [6.45, 7) is 0.525. The lowest BCUT2D eigenvalue weighted by atomic mass is 9.84. The number of fused-ring (bicyclic) bond motifs is 1. The lowest BCUT2D eigenvalue weighted by Crippen LogP contribution is -2.68. The Morgan fingerprint density at radius 3 is 2.47 bits per heavy atom. The molecule has 1 aliphatic heterocycles. The van der Waals surface area contributed by atoms with Crippen LogP contribution in [0.2, 0.25) is 0 Å². The molecule has 12 heteroatoms. The summed E-state index contributed by atoms with van der Waals surface area (Å²) in [5, 5.41) is 61.3. The topological polar surface area (TPSA) is 189 Å². The van der Waals surface area contributed by atoms with Gasteiger partial charge in [0.25, 0.3) is 0 Å². The van der Waals surface area contributed by atoms with Gasteiger partial charge in [0.1, 0.15) is 18.3 Å². The van der Waals surface area contributed by atoms with E-state index >= 15 is 0 Å². The molecule has 1 fully saturated rings. The van der Waals surface area contributed by atoms with Crippen molar-refractivity contribution in [2.75, 3.05) is 33.5 Å². The summed E-state index contributed by atoms with van der Waals surface area (Å²) in [5.41, 5.74) is -0.844. The van der Waals surface area contributed by atoms with Gasteiger partial charge in [-0.2, -0.15) is 0 Å². The van der Waals surface area contributed by atoms with Gasteiger partial charge >= 0.3 is 5.97 Å². The molecule has 0 amide bonds. The minimum Gasteiger partial charge on any atom is -0.490 e. The van der Waals surface area contributed by atoms with Crippen molar-refractivity contribution in [3.63, 3.8) is 0 Å². The monoisotopic (exact) mass is 514 g/mol. The van der Waals surface area contributed by atoms with Crippen LogP contribution in [0.1, 0.15) is 30.9 Å².